The SMILES string of the molecule is O=C(NC1CC1)c1ccc(Nc2ccccc2N2CCOCC2)nn1. The van der Waals surface area contributed by atoms with Crippen LogP contribution < -0.4 is 15.5 Å². The minimum atomic E-state index is -0.157. The van der Waals surface area contributed by atoms with Crippen LogP contribution in [0, 0.1) is 0 Å². The number of hydrogen-bond donors (Lipinski definition) is 2. The average Bonchev–Trinajstić information content (AvgIpc) is 3.47. The predicted octanol–water partition coefficient (Wildman–Crippen LogP) is 1.95. The van der Waals surface area contributed by atoms with Crippen molar-refractivity contribution < 1.29 is 9.53 Å². The van der Waals surface area contributed by atoms with E-state index in [1.807, 2.05) is 18.2 Å². The van der Waals surface area contributed by atoms with E-state index < -0.39 is 0 Å². The molecule has 2 N–H and O–H groups in total. The summed E-state index contributed by atoms with van der Waals surface area (Å²) in [7, 11) is 0. The first kappa shape index (κ1) is 15.8. The van der Waals surface area contributed by atoms with Gasteiger partial charge in [-0.15, -0.1) is 10.2 Å². The third-order valence-corrected chi connectivity index (χ3v) is 4.33. The van der Waals surface area contributed by atoms with Crippen LogP contribution in [0.2, 0.25) is 0 Å². The van der Waals surface area contributed by atoms with E-state index in [1.54, 1.807) is 12.1 Å². The Kier molecular flexibility index (Phi) is 4.47. The molecule has 1 aliphatic heterocycles. The molecule has 130 valence electrons. The highest BCUT2D eigenvalue weighted by atomic mass is 16.5. The van der Waals surface area contributed by atoms with Crippen LogP contribution in [0.25, 0.3) is 0 Å². The molecule has 2 heterocycles. The molecular weight excluding hydrogens is 318 g/mol. The van der Waals surface area contributed by atoms with Crippen molar-refractivity contribution in [2.75, 3.05) is 36.5 Å². The lowest BCUT2D eigenvalue weighted by Crippen LogP contribution is -2.36. The normalized spacial score (nSPS) is 17.2. The highest BCUT2D eigenvalue weighted by molar-refractivity contribution is 5.92. The van der Waals surface area contributed by atoms with Gasteiger partial charge in [-0.1, -0.05) is 12.1 Å². The number of anilines is 3. The number of rotatable bonds is 5. The molecular formula is C18H21N5O2. The smallest absolute Gasteiger partial charge is 0.272 e. The molecule has 1 saturated heterocycles. The standard InChI is InChI=1S/C18H21N5O2/c24-18(19-13-5-6-13)15-7-8-17(22-21-15)20-14-3-1-2-4-16(14)23-9-11-25-12-10-23/h1-4,7-8,13H,5-6,9-12H2,(H,19,24)(H,20,22). The Morgan fingerprint density at radius 1 is 1.08 bits per heavy atom. The van der Waals surface area contributed by atoms with E-state index in [1.165, 1.54) is 0 Å². The summed E-state index contributed by atoms with van der Waals surface area (Å²) in [6.45, 7) is 3.20. The van der Waals surface area contributed by atoms with Crippen molar-refractivity contribution in [2.45, 2.75) is 18.9 Å². The van der Waals surface area contributed by atoms with Gasteiger partial charge in [-0.3, -0.25) is 4.79 Å². The largest absolute Gasteiger partial charge is 0.378 e. The number of para-hydroxylation sites is 2. The van der Waals surface area contributed by atoms with Crippen molar-refractivity contribution >= 4 is 23.1 Å². The van der Waals surface area contributed by atoms with Crippen LogP contribution in [0.3, 0.4) is 0 Å². The van der Waals surface area contributed by atoms with Gasteiger partial charge in [0.1, 0.15) is 0 Å². The molecule has 2 fully saturated rings. The summed E-state index contributed by atoms with van der Waals surface area (Å²) in [5.41, 5.74) is 2.43. The molecule has 7 nitrogen and oxygen atoms in total. The zero-order valence-electron chi connectivity index (χ0n) is 13.9. The van der Waals surface area contributed by atoms with Gasteiger partial charge in [0, 0.05) is 19.1 Å². The number of hydrogen-bond acceptors (Lipinski definition) is 6. The van der Waals surface area contributed by atoms with Gasteiger partial charge in [-0.05, 0) is 37.1 Å². The third-order valence-electron chi connectivity index (χ3n) is 4.33. The summed E-state index contributed by atoms with van der Waals surface area (Å²) in [6, 6.07) is 11.9. The van der Waals surface area contributed by atoms with Gasteiger partial charge in [0.15, 0.2) is 11.5 Å². The summed E-state index contributed by atoms with van der Waals surface area (Å²) in [5, 5.41) is 14.4. The van der Waals surface area contributed by atoms with Crippen molar-refractivity contribution in [3.05, 3.63) is 42.1 Å². The molecule has 1 saturated carbocycles. The van der Waals surface area contributed by atoms with Crippen molar-refractivity contribution in [1.29, 1.82) is 0 Å². The summed E-state index contributed by atoms with van der Waals surface area (Å²) in [6.07, 6.45) is 2.11. The minimum absolute atomic E-state index is 0.157. The number of morpholine rings is 1. The molecule has 0 atom stereocenters. The van der Waals surface area contributed by atoms with E-state index >= 15 is 0 Å². The average molecular weight is 339 g/mol. The zero-order valence-corrected chi connectivity index (χ0v) is 13.9. The van der Waals surface area contributed by atoms with E-state index in [0.717, 1.165) is 50.5 Å². The molecule has 1 amide bonds. The quantitative estimate of drug-likeness (QED) is 0.867. The van der Waals surface area contributed by atoms with Gasteiger partial charge in [0.05, 0.1) is 24.6 Å². The fourth-order valence-electron chi connectivity index (χ4n) is 2.80. The maximum atomic E-state index is 12.0. The number of nitrogens with one attached hydrogen (secondary N) is 2. The number of carbonyl (C=O) groups excluding carboxylic acids is 1. The van der Waals surface area contributed by atoms with Crippen LogP contribution >= 0.6 is 0 Å². The van der Waals surface area contributed by atoms with Crippen molar-refractivity contribution in [1.82, 2.24) is 15.5 Å². The Hall–Kier alpha value is -2.67. The lowest BCUT2D eigenvalue weighted by Gasteiger charge is -2.30. The van der Waals surface area contributed by atoms with E-state index in [0.29, 0.717) is 17.6 Å². The van der Waals surface area contributed by atoms with Gasteiger partial charge in [-0.2, -0.15) is 0 Å². The predicted molar refractivity (Wildman–Crippen MR) is 95.3 cm³/mol. The lowest BCUT2D eigenvalue weighted by molar-refractivity contribution is 0.0945. The maximum Gasteiger partial charge on any atom is 0.272 e. The topological polar surface area (TPSA) is 79.4 Å². The van der Waals surface area contributed by atoms with Crippen molar-refractivity contribution in [3.63, 3.8) is 0 Å². The van der Waals surface area contributed by atoms with E-state index in [2.05, 4.69) is 31.8 Å². The second-order valence-corrected chi connectivity index (χ2v) is 6.29. The molecule has 1 aliphatic carbocycles. The first-order valence-electron chi connectivity index (χ1n) is 8.63. The van der Waals surface area contributed by atoms with E-state index in [-0.39, 0.29) is 5.91 Å². The van der Waals surface area contributed by atoms with Crippen LogP contribution in [0.5, 0.6) is 0 Å². The third kappa shape index (κ3) is 3.88. The van der Waals surface area contributed by atoms with Crippen LogP contribution in [0.15, 0.2) is 36.4 Å². The molecule has 0 unspecified atom stereocenters. The second kappa shape index (κ2) is 7.06. The Labute approximate surface area is 146 Å². The summed E-state index contributed by atoms with van der Waals surface area (Å²) < 4.78 is 5.42. The first-order chi connectivity index (χ1) is 12.3. The molecule has 0 radical (unpaired) electrons. The summed E-state index contributed by atoms with van der Waals surface area (Å²) >= 11 is 0. The van der Waals surface area contributed by atoms with Gasteiger partial charge in [0.25, 0.3) is 5.91 Å². The van der Waals surface area contributed by atoms with Crippen LogP contribution in [0.4, 0.5) is 17.2 Å². The molecule has 7 heteroatoms. The van der Waals surface area contributed by atoms with Gasteiger partial charge >= 0.3 is 0 Å². The Morgan fingerprint density at radius 3 is 2.60 bits per heavy atom. The van der Waals surface area contributed by atoms with Crippen LogP contribution in [-0.2, 0) is 4.74 Å². The number of carbonyl (C=O) groups is 1. The van der Waals surface area contributed by atoms with E-state index in [9.17, 15) is 4.79 Å². The van der Waals surface area contributed by atoms with Crippen molar-refractivity contribution in [2.24, 2.45) is 0 Å². The summed E-state index contributed by atoms with van der Waals surface area (Å²) in [5.74, 6) is 0.457. The Morgan fingerprint density at radius 2 is 1.88 bits per heavy atom. The first-order valence-corrected chi connectivity index (χ1v) is 8.63. The molecule has 2 aliphatic rings. The molecule has 1 aromatic heterocycles. The highest BCUT2D eigenvalue weighted by Crippen LogP contribution is 2.28. The molecule has 2 aromatic rings. The number of amides is 1. The molecule has 4 rings (SSSR count). The number of benzene rings is 1. The van der Waals surface area contributed by atoms with E-state index in [4.69, 9.17) is 4.74 Å². The monoisotopic (exact) mass is 339 g/mol. The van der Waals surface area contributed by atoms with Crippen LogP contribution in [-0.4, -0.2) is 48.4 Å². The Balaban J connectivity index is 1.47. The number of aromatic nitrogens is 2. The van der Waals surface area contributed by atoms with Gasteiger partial charge in [0.2, 0.25) is 0 Å². The molecule has 0 bridgehead atoms. The van der Waals surface area contributed by atoms with Gasteiger partial charge in [-0.25, -0.2) is 0 Å². The zero-order chi connectivity index (χ0) is 17.1. The fraction of sp³-hybridized carbons (Fsp3) is 0.389. The number of nitrogens with zero attached hydrogens (tertiary/aromatic N) is 3. The molecule has 0 spiro atoms. The summed E-state index contributed by atoms with van der Waals surface area (Å²) in [4.78, 5) is 14.3. The van der Waals surface area contributed by atoms with Crippen molar-refractivity contribution in [3.8, 4) is 0 Å². The lowest BCUT2D eigenvalue weighted by atomic mass is 10.2. The maximum absolute atomic E-state index is 12.0. The fourth-order valence-corrected chi connectivity index (χ4v) is 2.80. The number of ether oxygens (including phenoxy) is 1. The highest BCUT2D eigenvalue weighted by Gasteiger charge is 2.24. The molecule has 25 heavy (non-hydrogen) atoms. The van der Waals surface area contributed by atoms with Gasteiger partial charge < -0.3 is 20.3 Å². The second-order valence-electron chi connectivity index (χ2n) is 6.29. The Bertz CT molecular complexity index is 739. The molecule has 1 aromatic carbocycles. The van der Waals surface area contributed by atoms with Crippen LogP contribution in [0.1, 0.15) is 23.3 Å². The minimum Gasteiger partial charge on any atom is -0.378 e.